The van der Waals surface area contributed by atoms with Crippen LogP contribution in [0.15, 0.2) is 35.5 Å². The van der Waals surface area contributed by atoms with Crippen molar-refractivity contribution in [1.29, 1.82) is 0 Å². The second-order valence-corrected chi connectivity index (χ2v) is 5.69. The highest BCUT2D eigenvalue weighted by molar-refractivity contribution is 5.79. The van der Waals surface area contributed by atoms with Gasteiger partial charge in [0.2, 0.25) is 0 Å². The first-order chi connectivity index (χ1) is 11.7. The number of benzene rings is 1. The molecule has 0 aliphatic carbocycles. The molecular formula is C18H26FN5. The molecule has 5 nitrogen and oxygen atoms in total. The molecule has 0 saturated carbocycles. The van der Waals surface area contributed by atoms with Crippen LogP contribution in [-0.2, 0) is 12.8 Å². The van der Waals surface area contributed by atoms with Crippen LogP contribution in [0.25, 0.3) is 0 Å². The van der Waals surface area contributed by atoms with Crippen LogP contribution in [0.1, 0.15) is 30.2 Å². The zero-order chi connectivity index (χ0) is 17.2. The Bertz CT molecular complexity index is 633. The van der Waals surface area contributed by atoms with E-state index in [9.17, 15) is 4.39 Å². The molecular weight excluding hydrogens is 305 g/mol. The molecule has 0 aliphatic heterocycles. The summed E-state index contributed by atoms with van der Waals surface area (Å²) in [5, 5.41) is 13.5. The number of nitrogens with one attached hydrogen (secondary N) is 3. The number of aliphatic imine (C=N–C) groups is 1. The van der Waals surface area contributed by atoms with Gasteiger partial charge in [-0.1, -0.05) is 12.1 Å². The van der Waals surface area contributed by atoms with Crippen LogP contribution in [-0.4, -0.2) is 35.8 Å². The predicted molar refractivity (Wildman–Crippen MR) is 95.7 cm³/mol. The van der Waals surface area contributed by atoms with Gasteiger partial charge in [0, 0.05) is 25.3 Å². The minimum atomic E-state index is -0.200. The van der Waals surface area contributed by atoms with Gasteiger partial charge in [-0.15, -0.1) is 0 Å². The Morgan fingerprint density at radius 1 is 1.21 bits per heavy atom. The summed E-state index contributed by atoms with van der Waals surface area (Å²) in [6.07, 6.45) is 4.67. The van der Waals surface area contributed by atoms with Crippen molar-refractivity contribution < 1.29 is 4.39 Å². The number of guanidine groups is 1. The summed E-state index contributed by atoms with van der Waals surface area (Å²) in [5.74, 6) is 0.623. The lowest BCUT2D eigenvalue weighted by Crippen LogP contribution is -2.38. The van der Waals surface area contributed by atoms with Crippen LogP contribution in [0.3, 0.4) is 0 Å². The van der Waals surface area contributed by atoms with Crippen LogP contribution in [0.4, 0.5) is 4.39 Å². The number of nitrogens with zero attached hydrogens (tertiary/aromatic N) is 2. The second-order valence-electron chi connectivity index (χ2n) is 5.69. The zero-order valence-corrected chi connectivity index (χ0v) is 14.4. The van der Waals surface area contributed by atoms with E-state index in [-0.39, 0.29) is 5.82 Å². The van der Waals surface area contributed by atoms with Crippen molar-refractivity contribution >= 4 is 5.96 Å². The van der Waals surface area contributed by atoms with E-state index in [0.29, 0.717) is 0 Å². The van der Waals surface area contributed by atoms with Gasteiger partial charge >= 0.3 is 0 Å². The minimum absolute atomic E-state index is 0.200. The molecule has 1 aromatic heterocycles. The van der Waals surface area contributed by atoms with Crippen molar-refractivity contribution in [2.45, 2.75) is 33.1 Å². The highest BCUT2D eigenvalue weighted by Crippen LogP contribution is 2.05. The maximum Gasteiger partial charge on any atom is 0.191 e. The van der Waals surface area contributed by atoms with Crippen LogP contribution < -0.4 is 10.6 Å². The predicted octanol–water partition coefficient (Wildman–Crippen LogP) is 2.59. The second kappa shape index (κ2) is 9.70. The van der Waals surface area contributed by atoms with E-state index in [0.717, 1.165) is 56.1 Å². The quantitative estimate of drug-likeness (QED) is 0.396. The molecule has 2 rings (SSSR count). The summed E-state index contributed by atoms with van der Waals surface area (Å²) in [5.41, 5.74) is 3.48. The highest BCUT2D eigenvalue weighted by atomic mass is 19.1. The van der Waals surface area contributed by atoms with Crippen molar-refractivity contribution in [1.82, 2.24) is 20.8 Å². The molecule has 1 heterocycles. The van der Waals surface area contributed by atoms with E-state index in [1.807, 2.05) is 32.2 Å². The summed E-state index contributed by atoms with van der Waals surface area (Å²) < 4.78 is 12.9. The van der Waals surface area contributed by atoms with Gasteiger partial charge in [-0.2, -0.15) is 5.10 Å². The fraction of sp³-hybridized carbons (Fsp3) is 0.444. The molecule has 0 fully saturated rings. The summed E-state index contributed by atoms with van der Waals surface area (Å²) in [4.78, 5) is 4.59. The molecule has 1 aromatic carbocycles. The number of aromatic amines is 1. The zero-order valence-electron chi connectivity index (χ0n) is 14.4. The van der Waals surface area contributed by atoms with Gasteiger partial charge in [-0.25, -0.2) is 4.39 Å². The summed E-state index contributed by atoms with van der Waals surface area (Å²) in [6.45, 7) is 6.43. The molecule has 130 valence electrons. The average Bonchev–Trinajstić information content (AvgIpc) is 2.98. The third-order valence-electron chi connectivity index (χ3n) is 3.77. The topological polar surface area (TPSA) is 65.1 Å². The number of aryl methyl sites for hydroxylation is 2. The molecule has 0 spiro atoms. The molecule has 0 atom stereocenters. The molecule has 2 aromatic rings. The molecule has 0 aliphatic rings. The molecule has 0 radical (unpaired) electrons. The first kappa shape index (κ1) is 18.0. The van der Waals surface area contributed by atoms with Gasteiger partial charge in [0.1, 0.15) is 5.82 Å². The number of H-pyrrole nitrogens is 1. The van der Waals surface area contributed by atoms with Crippen molar-refractivity contribution in [3.63, 3.8) is 0 Å². The Morgan fingerprint density at radius 2 is 2.00 bits per heavy atom. The molecule has 0 bridgehead atoms. The van der Waals surface area contributed by atoms with Crippen molar-refractivity contribution in [3.8, 4) is 0 Å². The Balaban J connectivity index is 1.73. The van der Waals surface area contributed by atoms with Gasteiger partial charge in [-0.05, 0) is 56.4 Å². The van der Waals surface area contributed by atoms with E-state index in [1.165, 1.54) is 17.7 Å². The normalized spacial score (nSPS) is 11.5. The molecule has 0 saturated heterocycles. The first-order valence-electron chi connectivity index (χ1n) is 8.44. The van der Waals surface area contributed by atoms with E-state index in [4.69, 9.17) is 0 Å². The Kier molecular flexibility index (Phi) is 7.26. The molecule has 0 unspecified atom stereocenters. The standard InChI is InChI=1S/C18H26FN5/c1-3-20-18(21-11-4-5-16-13-23-24-14(16)2)22-12-10-15-6-8-17(19)9-7-15/h6-9,13H,3-5,10-12H2,1-2H3,(H,23,24)(H2,20,21,22). The van der Waals surface area contributed by atoms with Crippen molar-refractivity contribution in [2.75, 3.05) is 19.6 Å². The Morgan fingerprint density at radius 3 is 2.67 bits per heavy atom. The number of rotatable bonds is 8. The lowest BCUT2D eigenvalue weighted by molar-refractivity contribution is 0.626. The first-order valence-corrected chi connectivity index (χ1v) is 8.44. The van der Waals surface area contributed by atoms with Crippen LogP contribution in [0, 0.1) is 12.7 Å². The molecule has 0 amide bonds. The van der Waals surface area contributed by atoms with Gasteiger partial charge in [-0.3, -0.25) is 10.1 Å². The minimum Gasteiger partial charge on any atom is -0.357 e. The summed E-state index contributed by atoms with van der Waals surface area (Å²) in [7, 11) is 0. The highest BCUT2D eigenvalue weighted by Gasteiger charge is 2.01. The van der Waals surface area contributed by atoms with Crippen LogP contribution >= 0.6 is 0 Å². The average molecular weight is 331 g/mol. The Labute approximate surface area is 142 Å². The lowest BCUT2D eigenvalue weighted by Gasteiger charge is -2.11. The molecule has 3 N–H and O–H groups in total. The number of hydrogen-bond acceptors (Lipinski definition) is 2. The van der Waals surface area contributed by atoms with Gasteiger partial charge in [0.15, 0.2) is 5.96 Å². The molecule has 6 heteroatoms. The Hall–Kier alpha value is -2.37. The van der Waals surface area contributed by atoms with Gasteiger partial charge in [0.05, 0.1) is 6.20 Å². The maximum atomic E-state index is 12.9. The summed E-state index contributed by atoms with van der Waals surface area (Å²) in [6, 6.07) is 6.61. The van der Waals surface area contributed by atoms with E-state index in [1.54, 1.807) is 0 Å². The largest absolute Gasteiger partial charge is 0.357 e. The third-order valence-corrected chi connectivity index (χ3v) is 3.77. The number of halogens is 1. The fourth-order valence-electron chi connectivity index (χ4n) is 2.41. The smallest absolute Gasteiger partial charge is 0.191 e. The van der Waals surface area contributed by atoms with Crippen molar-refractivity contribution in [2.24, 2.45) is 4.99 Å². The SMILES string of the molecule is CCNC(=NCCCc1cn[nH]c1C)NCCc1ccc(F)cc1. The monoisotopic (exact) mass is 331 g/mol. The maximum absolute atomic E-state index is 12.9. The molecule has 24 heavy (non-hydrogen) atoms. The lowest BCUT2D eigenvalue weighted by atomic mass is 10.1. The van der Waals surface area contributed by atoms with Crippen LogP contribution in [0.5, 0.6) is 0 Å². The van der Waals surface area contributed by atoms with Gasteiger partial charge < -0.3 is 10.6 Å². The summed E-state index contributed by atoms with van der Waals surface area (Å²) >= 11 is 0. The van der Waals surface area contributed by atoms with Crippen molar-refractivity contribution in [3.05, 3.63) is 53.1 Å². The number of hydrogen-bond donors (Lipinski definition) is 3. The van der Waals surface area contributed by atoms with E-state index in [2.05, 4.69) is 25.8 Å². The van der Waals surface area contributed by atoms with E-state index >= 15 is 0 Å². The fourth-order valence-corrected chi connectivity index (χ4v) is 2.41. The number of aromatic nitrogens is 2. The van der Waals surface area contributed by atoms with E-state index < -0.39 is 0 Å². The van der Waals surface area contributed by atoms with Gasteiger partial charge in [0.25, 0.3) is 0 Å². The van der Waals surface area contributed by atoms with Crippen LogP contribution in [0.2, 0.25) is 0 Å². The third kappa shape index (κ3) is 6.02.